The van der Waals surface area contributed by atoms with Gasteiger partial charge in [0.25, 0.3) is 14.7 Å². The molecule has 4 aliphatic heterocycles. The van der Waals surface area contributed by atoms with Crippen LogP contribution in [-0.4, -0.2) is 16.4 Å². The van der Waals surface area contributed by atoms with Gasteiger partial charge in [0, 0.05) is 39.1 Å². The van der Waals surface area contributed by atoms with E-state index in [1.165, 1.54) is 0 Å². The predicted octanol–water partition coefficient (Wildman–Crippen LogP) is 13.4. The zero-order chi connectivity index (χ0) is 45.7. The number of para-hydroxylation sites is 3. The maximum atomic E-state index is 16.7. The second-order valence-corrected chi connectivity index (χ2v) is 25.0. The number of fused-ring (bicyclic) bond motifs is 6. The Bertz CT molecular complexity index is 3490. The molecule has 2 bridgehead atoms. The lowest BCUT2D eigenvalue weighted by molar-refractivity contribution is 0.402. The molecule has 0 radical (unpaired) electrons. The van der Waals surface area contributed by atoms with Gasteiger partial charge >= 0.3 is 7.37 Å². The third-order valence-corrected chi connectivity index (χ3v) is 21.7. The quantitative estimate of drug-likeness (QED) is 0.152. The van der Waals surface area contributed by atoms with Crippen molar-refractivity contribution < 1.29 is 37.5 Å². The second-order valence-electron chi connectivity index (χ2n) is 17.9. The Balaban J connectivity index is 1.07. The fraction of sp³-hybridized carbons (Fsp3) is 0.143. The van der Waals surface area contributed by atoms with Crippen molar-refractivity contribution in [2.75, 3.05) is 6.16 Å². The monoisotopic (exact) mass is 938 g/mol. The van der Waals surface area contributed by atoms with Crippen molar-refractivity contribution >= 4 is 38.0 Å². The van der Waals surface area contributed by atoms with Gasteiger partial charge in [-0.15, -0.1) is 0 Å². The van der Waals surface area contributed by atoms with Gasteiger partial charge in [-0.2, -0.15) is 0 Å². The highest BCUT2D eigenvalue weighted by atomic mass is 31.2. The molecule has 0 spiro atoms. The third kappa shape index (κ3) is 6.60. The van der Waals surface area contributed by atoms with Gasteiger partial charge in [-0.05, 0) is 101 Å². The first-order valence-corrected chi connectivity index (χ1v) is 27.8. The summed E-state index contributed by atoms with van der Waals surface area (Å²) >= 11 is 0. The zero-order valence-electron chi connectivity index (χ0n) is 36.5. The molecule has 2 N–H and O–H groups in total. The van der Waals surface area contributed by atoms with E-state index >= 15 is 13.7 Å². The molecule has 8 nitrogen and oxygen atoms in total. The van der Waals surface area contributed by atoms with Crippen LogP contribution < -0.4 is 25.0 Å². The lowest BCUT2D eigenvalue weighted by Crippen LogP contribution is -2.26. The Morgan fingerprint density at radius 3 is 2.01 bits per heavy atom. The van der Waals surface area contributed by atoms with Crippen molar-refractivity contribution in [1.82, 2.24) is 0 Å². The molecule has 332 valence electrons. The van der Waals surface area contributed by atoms with Crippen LogP contribution in [0.3, 0.4) is 0 Å². The summed E-state index contributed by atoms with van der Waals surface area (Å²) in [6.07, 6.45) is 6.07. The summed E-state index contributed by atoms with van der Waals surface area (Å²) in [5, 5.41) is 25.1. The van der Waals surface area contributed by atoms with E-state index < -0.39 is 33.7 Å². The summed E-state index contributed by atoms with van der Waals surface area (Å²) in [6, 6.07) is 48.7. The molecular weight excluding hydrogens is 894 g/mol. The molecule has 4 heterocycles. The van der Waals surface area contributed by atoms with E-state index in [9.17, 15) is 10.2 Å². The lowest BCUT2D eigenvalue weighted by atomic mass is 9.83. The number of phenolic OH excluding ortho intramolecular Hbond substituents is 2. The van der Waals surface area contributed by atoms with Crippen LogP contribution >= 0.6 is 22.1 Å². The average Bonchev–Trinajstić information content (AvgIpc) is 3.51. The van der Waals surface area contributed by atoms with E-state index in [-0.39, 0.29) is 24.1 Å². The average molecular weight is 939 g/mol. The fourth-order valence-corrected chi connectivity index (χ4v) is 18.8. The van der Waals surface area contributed by atoms with Crippen LogP contribution in [0.25, 0.3) is 33.4 Å². The smallest absolute Gasteiger partial charge is 0.303 e. The molecule has 7 aromatic rings. The van der Waals surface area contributed by atoms with Gasteiger partial charge in [0.15, 0.2) is 0 Å². The summed E-state index contributed by atoms with van der Waals surface area (Å²) in [5.74, 6) is 0.721. The SMILES string of the molecule is CCCc1ccc2c(c1)OP1(=O)c3cc(ccc3-2)CC(C2=CCC(P3(=O)Oc4ccccc4-c4ccccc43)=CC3=C2OP(=O)(c2ccccc2-c2ccccc2O)C3)C1c1ccccc1O. The maximum absolute atomic E-state index is 16.7. The normalized spacial score (nSPS) is 24.2. The molecule has 0 saturated carbocycles. The van der Waals surface area contributed by atoms with E-state index in [1.807, 2.05) is 121 Å². The van der Waals surface area contributed by atoms with Gasteiger partial charge in [0.1, 0.15) is 28.8 Å². The van der Waals surface area contributed by atoms with Gasteiger partial charge in [-0.25, -0.2) is 0 Å². The summed E-state index contributed by atoms with van der Waals surface area (Å²) in [7, 11) is -11.8. The molecule has 5 atom stereocenters. The van der Waals surface area contributed by atoms with E-state index in [1.54, 1.807) is 36.4 Å². The number of hydrogen-bond acceptors (Lipinski definition) is 8. The molecule has 5 aliphatic rings. The van der Waals surface area contributed by atoms with Gasteiger partial charge < -0.3 is 23.8 Å². The van der Waals surface area contributed by atoms with Crippen molar-refractivity contribution in [1.29, 1.82) is 0 Å². The molecule has 12 rings (SSSR count). The highest BCUT2D eigenvalue weighted by Gasteiger charge is 2.54. The van der Waals surface area contributed by atoms with E-state index in [2.05, 4.69) is 19.1 Å². The Labute approximate surface area is 389 Å². The van der Waals surface area contributed by atoms with Crippen molar-refractivity contribution in [2.45, 2.75) is 38.3 Å². The molecule has 0 aromatic heterocycles. The van der Waals surface area contributed by atoms with Crippen molar-refractivity contribution in [3.05, 3.63) is 209 Å². The van der Waals surface area contributed by atoms with E-state index in [0.717, 1.165) is 46.2 Å². The van der Waals surface area contributed by atoms with Crippen LogP contribution in [0.15, 0.2) is 192 Å². The number of allylic oxidation sites excluding steroid dienone is 5. The van der Waals surface area contributed by atoms with Gasteiger partial charge in [0.05, 0.1) is 27.7 Å². The first kappa shape index (κ1) is 41.9. The number of rotatable bonds is 7. The second kappa shape index (κ2) is 15.8. The van der Waals surface area contributed by atoms with Crippen LogP contribution in [0, 0.1) is 5.92 Å². The van der Waals surface area contributed by atoms with Gasteiger partial charge in [-0.1, -0.05) is 135 Å². The molecule has 1 aliphatic carbocycles. The minimum absolute atomic E-state index is 0.0226. The van der Waals surface area contributed by atoms with Crippen LogP contribution in [-0.2, 0) is 31.1 Å². The van der Waals surface area contributed by atoms with Crippen LogP contribution in [0.4, 0.5) is 0 Å². The van der Waals surface area contributed by atoms with Crippen molar-refractivity contribution in [3.63, 3.8) is 0 Å². The van der Waals surface area contributed by atoms with Crippen LogP contribution in [0.2, 0.25) is 0 Å². The number of aromatic hydroxyl groups is 2. The van der Waals surface area contributed by atoms with E-state index in [4.69, 9.17) is 13.6 Å². The Kier molecular flexibility index (Phi) is 9.86. The van der Waals surface area contributed by atoms with Crippen molar-refractivity contribution in [2.24, 2.45) is 5.92 Å². The number of phenols is 2. The Hall–Kier alpha value is -6.55. The molecule has 11 heteroatoms. The zero-order valence-corrected chi connectivity index (χ0v) is 39.2. The molecule has 0 amide bonds. The molecule has 0 fully saturated rings. The molecule has 5 unspecified atom stereocenters. The summed E-state index contributed by atoms with van der Waals surface area (Å²) in [6.45, 7) is 2.12. The highest BCUT2D eigenvalue weighted by molar-refractivity contribution is 7.72. The maximum Gasteiger partial charge on any atom is 0.303 e. The Morgan fingerprint density at radius 2 is 1.24 bits per heavy atom. The van der Waals surface area contributed by atoms with Crippen LogP contribution in [0.5, 0.6) is 23.0 Å². The van der Waals surface area contributed by atoms with E-state index in [0.29, 0.717) is 72.7 Å². The first-order chi connectivity index (χ1) is 32.6. The van der Waals surface area contributed by atoms with Gasteiger partial charge in [-0.3, -0.25) is 13.7 Å². The molecular formula is C56H45O8P3. The number of aryl methyl sites for hydroxylation is 1. The number of hydrogen-bond donors (Lipinski definition) is 2. The first-order valence-electron chi connectivity index (χ1n) is 22.7. The van der Waals surface area contributed by atoms with Gasteiger partial charge in [0.2, 0.25) is 0 Å². The minimum Gasteiger partial charge on any atom is -0.508 e. The third-order valence-electron chi connectivity index (χ3n) is 13.9. The summed E-state index contributed by atoms with van der Waals surface area (Å²) in [4.78, 5) is 0. The topological polar surface area (TPSA) is 119 Å². The lowest BCUT2D eigenvalue weighted by Gasteiger charge is -2.37. The largest absolute Gasteiger partial charge is 0.508 e. The molecule has 67 heavy (non-hydrogen) atoms. The molecule has 0 saturated heterocycles. The fourth-order valence-electron chi connectivity index (χ4n) is 10.9. The van der Waals surface area contributed by atoms with Crippen LogP contribution in [0.1, 0.15) is 42.1 Å². The summed E-state index contributed by atoms with van der Waals surface area (Å²) < 4.78 is 69.4. The predicted molar refractivity (Wildman–Crippen MR) is 266 cm³/mol. The minimum atomic E-state index is -4.01. The molecule has 7 aromatic carbocycles. The highest BCUT2D eigenvalue weighted by Crippen LogP contribution is 2.71. The standard InChI is InChI=1S/C56H45O8P3/c1-2-13-35-24-27-41-44-28-25-36-30-47(56(46-18-4-9-20-49(46)58)67(61,54(44)32-36)63-51(41)31-35)45-29-26-38(66(60)53-23-12-7-17-43(53)40-15-5-10-21-50(40)62-66)33-37-34-65(59,64-55(37)45)52-22-11-6-16-42(52)39-14-3-8-19-48(39)57/h3-12,14-25,27-29,31-33,47,56-58H,2,13,26,30,34H2,1H3. The Morgan fingerprint density at radius 1 is 0.597 bits per heavy atom. The summed E-state index contributed by atoms with van der Waals surface area (Å²) in [5.41, 5.74) is 7.10. The number of benzene rings is 7. The van der Waals surface area contributed by atoms with Crippen molar-refractivity contribution in [3.8, 4) is 56.4 Å².